The molecule has 3 unspecified atom stereocenters. The monoisotopic (exact) mass is 198 g/mol. The number of nitrogens with zero attached hydrogens (tertiary/aromatic N) is 1. The summed E-state index contributed by atoms with van der Waals surface area (Å²) >= 11 is 0. The van der Waals surface area contributed by atoms with E-state index in [0.717, 1.165) is 24.4 Å². The molecule has 0 aromatic carbocycles. The molecule has 0 aromatic heterocycles. The summed E-state index contributed by atoms with van der Waals surface area (Å²) in [6, 6.07) is 0.751. The maximum atomic E-state index is 5.80. The maximum absolute atomic E-state index is 5.80. The molecule has 1 heterocycles. The number of hydrogen-bond acceptors (Lipinski definition) is 2. The van der Waals surface area contributed by atoms with E-state index in [1.54, 1.807) is 0 Å². The van der Waals surface area contributed by atoms with Crippen molar-refractivity contribution in [1.29, 1.82) is 0 Å². The Morgan fingerprint density at radius 1 is 1.50 bits per heavy atom. The minimum atomic E-state index is 0.725. The van der Waals surface area contributed by atoms with Gasteiger partial charge in [0.05, 0.1) is 0 Å². The summed E-state index contributed by atoms with van der Waals surface area (Å²) < 4.78 is 0. The SMILES string of the molecule is CCCC(C)N1CCC(C)C(CN)C1. The fraction of sp³-hybridized carbons (Fsp3) is 1.00. The van der Waals surface area contributed by atoms with Crippen molar-refractivity contribution >= 4 is 0 Å². The second-order valence-electron chi connectivity index (χ2n) is 4.89. The second kappa shape index (κ2) is 5.72. The van der Waals surface area contributed by atoms with E-state index < -0.39 is 0 Å². The molecule has 1 saturated heterocycles. The van der Waals surface area contributed by atoms with Crippen LogP contribution in [0.5, 0.6) is 0 Å². The molecule has 1 aliphatic rings. The van der Waals surface area contributed by atoms with Gasteiger partial charge in [-0.15, -0.1) is 0 Å². The molecule has 0 amide bonds. The van der Waals surface area contributed by atoms with E-state index in [0.29, 0.717) is 0 Å². The number of likely N-dealkylation sites (tertiary alicyclic amines) is 1. The van der Waals surface area contributed by atoms with Gasteiger partial charge in [0.25, 0.3) is 0 Å². The van der Waals surface area contributed by atoms with Gasteiger partial charge in [0.1, 0.15) is 0 Å². The smallest absolute Gasteiger partial charge is 0.00669 e. The van der Waals surface area contributed by atoms with Crippen LogP contribution in [0.15, 0.2) is 0 Å². The average Bonchev–Trinajstić information content (AvgIpc) is 2.19. The standard InChI is InChI=1S/C12H26N2/c1-4-5-11(3)14-7-6-10(2)12(8-13)9-14/h10-12H,4-9,13H2,1-3H3. The molecule has 2 N–H and O–H groups in total. The molecule has 0 spiro atoms. The van der Waals surface area contributed by atoms with Crippen molar-refractivity contribution in [1.82, 2.24) is 4.90 Å². The first-order chi connectivity index (χ1) is 6.69. The van der Waals surface area contributed by atoms with Crippen LogP contribution in [-0.4, -0.2) is 30.6 Å². The van der Waals surface area contributed by atoms with Gasteiger partial charge in [0.15, 0.2) is 0 Å². The molecule has 0 saturated carbocycles. The third kappa shape index (κ3) is 2.96. The number of hydrogen-bond donors (Lipinski definition) is 1. The van der Waals surface area contributed by atoms with Crippen LogP contribution in [0, 0.1) is 11.8 Å². The highest BCUT2D eigenvalue weighted by molar-refractivity contribution is 4.81. The van der Waals surface area contributed by atoms with Crippen LogP contribution in [0.3, 0.4) is 0 Å². The molecule has 0 aliphatic carbocycles. The Kier molecular flexibility index (Phi) is 4.90. The zero-order valence-corrected chi connectivity index (χ0v) is 10.00. The van der Waals surface area contributed by atoms with E-state index >= 15 is 0 Å². The molecular weight excluding hydrogens is 172 g/mol. The molecule has 1 fully saturated rings. The minimum Gasteiger partial charge on any atom is -0.330 e. The Bertz CT molecular complexity index is 158. The normalized spacial score (nSPS) is 31.7. The highest BCUT2D eigenvalue weighted by atomic mass is 15.2. The number of rotatable bonds is 4. The lowest BCUT2D eigenvalue weighted by molar-refractivity contribution is 0.0938. The first-order valence-corrected chi connectivity index (χ1v) is 6.13. The van der Waals surface area contributed by atoms with Gasteiger partial charge in [-0.2, -0.15) is 0 Å². The molecule has 0 bridgehead atoms. The fourth-order valence-electron chi connectivity index (χ4n) is 2.49. The zero-order valence-electron chi connectivity index (χ0n) is 10.00. The van der Waals surface area contributed by atoms with Crippen molar-refractivity contribution in [3.05, 3.63) is 0 Å². The molecule has 0 aromatic rings. The Hall–Kier alpha value is -0.0800. The molecule has 2 nitrogen and oxygen atoms in total. The van der Waals surface area contributed by atoms with Crippen molar-refractivity contribution in [3.63, 3.8) is 0 Å². The van der Waals surface area contributed by atoms with Gasteiger partial charge in [0.2, 0.25) is 0 Å². The lowest BCUT2D eigenvalue weighted by Crippen LogP contribution is -2.46. The number of nitrogens with two attached hydrogens (primary N) is 1. The van der Waals surface area contributed by atoms with E-state index in [4.69, 9.17) is 5.73 Å². The third-order valence-electron chi connectivity index (χ3n) is 3.78. The van der Waals surface area contributed by atoms with Crippen molar-refractivity contribution < 1.29 is 0 Å². The van der Waals surface area contributed by atoms with E-state index in [1.807, 2.05) is 0 Å². The highest BCUT2D eigenvalue weighted by Gasteiger charge is 2.27. The molecular formula is C12H26N2. The Morgan fingerprint density at radius 2 is 2.21 bits per heavy atom. The summed E-state index contributed by atoms with van der Waals surface area (Å²) in [5.74, 6) is 1.55. The summed E-state index contributed by atoms with van der Waals surface area (Å²) in [4.78, 5) is 2.63. The minimum absolute atomic E-state index is 0.725. The summed E-state index contributed by atoms with van der Waals surface area (Å²) in [6.45, 7) is 10.3. The maximum Gasteiger partial charge on any atom is 0.00669 e. The lowest BCUT2D eigenvalue weighted by Gasteiger charge is -2.39. The average molecular weight is 198 g/mol. The van der Waals surface area contributed by atoms with E-state index in [2.05, 4.69) is 25.7 Å². The predicted molar refractivity (Wildman–Crippen MR) is 62.3 cm³/mol. The van der Waals surface area contributed by atoms with Gasteiger partial charge < -0.3 is 10.6 Å². The van der Waals surface area contributed by atoms with Crippen molar-refractivity contribution in [3.8, 4) is 0 Å². The summed E-state index contributed by atoms with van der Waals surface area (Å²) in [6.07, 6.45) is 3.95. The quantitative estimate of drug-likeness (QED) is 0.749. The molecule has 3 atom stereocenters. The van der Waals surface area contributed by atoms with Gasteiger partial charge in [-0.1, -0.05) is 20.3 Å². The van der Waals surface area contributed by atoms with Crippen LogP contribution >= 0.6 is 0 Å². The topological polar surface area (TPSA) is 29.3 Å². The largest absolute Gasteiger partial charge is 0.330 e. The molecule has 2 heteroatoms. The zero-order chi connectivity index (χ0) is 10.6. The predicted octanol–water partition coefficient (Wildman–Crippen LogP) is 2.09. The van der Waals surface area contributed by atoms with E-state index in [-0.39, 0.29) is 0 Å². The molecule has 1 aliphatic heterocycles. The highest BCUT2D eigenvalue weighted by Crippen LogP contribution is 2.24. The van der Waals surface area contributed by atoms with Gasteiger partial charge in [-0.25, -0.2) is 0 Å². The first kappa shape index (κ1) is 12.0. The van der Waals surface area contributed by atoms with Gasteiger partial charge >= 0.3 is 0 Å². The van der Waals surface area contributed by atoms with E-state index in [9.17, 15) is 0 Å². The molecule has 14 heavy (non-hydrogen) atoms. The van der Waals surface area contributed by atoms with E-state index in [1.165, 1.54) is 32.4 Å². The molecule has 84 valence electrons. The van der Waals surface area contributed by atoms with Gasteiger partial charge in [0, 0.05) is 12.6 Å². The van der Waals surface area contributed by atoms with Gasteiger partial charge in [-0.3, -0.25) is 0 Å². The summed E-state index contributed by atoms with van der Waals surface area (Å²) in [5.41, 5.74) is 5.80. The van der Waals surface area contributed by atoms with Crippen LogP contribution < -0.4 is 5.73 Å². The second-order valence-corrected chi connectivity index (χ2v) is 4.89. The molecule has 1 rings (SSSR count). The third-order valence-corrected chi connectivity index (χ3v) is 3.78. The molecule has 0 radical (unpaired) electrons. The fourth-order valence-corrected chi connectivity index (χ4v) is 2.49. The van der Waals surface area contributed by atoms with Crippen molar-refractivity contribution in [2.24, 2.45) is 17.6 Å². The van der Waals surface area contributed by atoms with Crippen molar-refractivity contribution in [2.75, 3.05) is 19.6 Å². The Morgan fingerprint density at radius 3 is 2.79 bits per heavy atom. The van der Waals surface area contributed by atoms with Crippen molar-refractivity contribution in [2.45, 2.75) is 46.1 Å². The lowest BCUT2D eigenvalue weighted by atomic mass is 9.86. The van der Waals surface area contributed by atoms with Crippen LogP contribution in [0.25, 0.3) is 0 Å². The van der Waals surface area contributed by atoms with Crippen LogP contribution in [0.4, 0.5) is 0 Å². The Labute approximate surface area is 88.8 Å². The van der Waals surface area contributed by atoms with Crippen LogP contribution in [0.1, 0.15) is 40.0 Å². The van der Waals surface area contributed by atoms with Crippen LogP contribution in [-0.2, 0) is 0 Å². The summed E-state index contributed by atoms with van der Waals surface area (Å²) in [5, 5.41) is 0. The van der Waals surface area contributed by atoms with Gasteiger partial charge in [-0.05, 0) is 44.7 Å². The Balaban J connectivity index is 2.41. The first-order valence-electron chi connectivity index (χ1n) is 6.13. The van der Waals surface area contributed by atoms with Crippen LogP contribution in [0.2, 0.25) is 0 Å². The number of piperidine rings is 1. The summed E-state index contributed by atoms with van der Waals surface area (Å²) in [7, 11) is 0.